The number of benzene rings is 8. The van der Waals surface area contributed by atoms with E-state index in [1.54, 1.807) is 45.8 Å². The number of hydrogen-bond donors (Lipinski definition) is 1. The molecule has 95 heavy (non-hydrogen) atoms. The second kappa shape index (κ2) is 24.3. The minimum atomic E-state index is -1.12. The van der Waals surface area contributed by atoms with Crippen molar-refractivity contribution in [3.63, 3.8) is 0 Å². The molecule has 14 rings (SSSR count). The molecule has 0 saturated carbocycles. The van der Waals surface area contributed by atoms with E-state index in [2.05, 4.69) is 5.53 Å². The molecule has 0 saturated heterocycles. The van der Waals surface area contributed by atoms with Crippen molar-refractivity contribution in [1.82, 2.24) is 9.35 Å². The lowest BCUT2D eigenvalue weighted by Gasteiger charge is -2.24. The predicted octanol–water partition coefficient (Wildman–Crippen LogP) is 14.4. The van der Waals surface area contributed by atoms with Crippen molar-refractivity contribution in [3.8, 4) is 23.0 Å². The van der Waals surface area contributed by atoms with Gasteiger partial charge < -0.3 is 18.9 Å². The van der Waals surface area contributed by atoms with Gasteiger partial charge in [-0.1, -0.05) is 96.0 Å². The summed E-state index contributed by atoms with van der Waals surface area (Å²) in [4.78, 5) is 64.9. The fourth-order valence-electron chi connectivity index (χ4n) is 11.0. The fourth-order valence-corrected chi connectivity index (χ4v) is 11.5. The Morgan fingerprint density at radius 1 is 0.347 bits per heavy atom. The highest BCUT2D eigenvalue weighted by Crippen LogP contribution is 2.43. The Bertz CT molecular complexity index is 5270. The molecule has 0 aliphatic carbocycles. The van der Waals surface area contributed by atoms with Crippen LogP contribution in [-0.4, -0.2) is 44.7 Å². The molecule has 0 radical (unpaired) electrons. The summed E-state index contributed by atoms with van der Waals surface area (Å²) >= 11 is 14.8. The Kier molecular flexibility index (Phi) is 15.5. The van der Waals surface area contributed by atoms with E-state index in [1.165, 1.54) is 97.1 Å². The highest BCUT2D eigenvalue weighted by molar-refractivity contribution is 6.53. The molecule has 1 N–H and O–H groups in total. The number of aromatic nitrogens is 2. The highest BCUT2D eigenvalue weighted by Gasteiger charge is 2.33. The number of nitrogens with zero attached hydrogens (tertiary/aromatic N) is 4. The van der Waals surface area contributed by atoms with Crippen molar-refractivity contribution < 1.29 is 73.2 Å². The third-order valence-corrected chi connectivity index (χ3v) is 16.1. The first kappa shape index (κ1) is 60.6. The van der Waals surface area contributed by atoms with Crippen LogP contribution in [0.15, 0.2) is 238 Å². The summed E-state index contributed by atoms with van der Waals surface area (Å²) in [6, 6.07) is 41.9. The molecule has 13 nitrogen and oxygen atoms in total. The normalized spacial score (nSPS) is 13.7. The Balaban J connectivity index is 1.00. The third-order valence-electron chi connectivity index (χ3n) is 15.5. The number of hydrogen-bond acceptors (Lipinski definition) is 11. The zero-order valence-electron chi connectivity index (χ0n) is 48.0. The lowest BCUT2D eigenvalue weighted by atomic mass is 9.99. The highest BCUT2D eigenvalue weighted by atomic mass is 35.5. The first-order valence-electron chi connectivity index (χ1n) is 28.3. The topological polar surface area (TPSA) is 152 Å². The summed E-state index contributed by atoms with van der Waals surface area (Å²) in [5, 5.41) is 0.807. The first-order valence-corrected chi connectivity index (χ1v) is 29.1. The van der Waals surface area contributed by atoms with E-state index in [0.29, 0.717) is 66.6 Å². The number of esters is 4. The van der Waals surface area contributed by atoms with Crippen LogP contribution in [0.3, 0.4) is 0 Å². The molecule has 10 aromatic rings. The van der Waals surface area contributed by atoms with Crippen LogP contribution in [0.5, 0.6) is 23.0 Å². The van der Waals surface area contributed by atoms with E-state index < -0.39 is 93.4 Å². The van der Waals surface area contributed by atoms with Gasteiger partial charge in [0.05, 0.1) is 77.2 Å². The number of nitrogens with one attached hydrogen (secondary N) is 1. The monoisotopic (exact) mass is 1320 g/mol. The summed E-state index contributed by atoms with van der Waals surface area (Å²) < 4.78 is 142. The van der Waals surface area contributed by atoms with Crippen LogP contribution < -0.4 is 35.2 Å². The second-order valence-electron chi connectivity index (χ2n) is 21.2. The molecule has 0 atom stereocenters. The van der Waals surface area contributed by atoms with Crippen LogP contribution in [0.25, 0.3) is 22.3 Å². The van der Waals surface area contributed by atoms with Crippen molar-refractivity contribution in [3.05, 3.63) is 341 Å². The molecule has 23 heteroatoms. The van der Waals surface area contributed by atoms with Crippen molar-refractivity contribution in [2.75, 3.05) is 5.53 Å². The quantitative estimate of drug-likeness (QED) is 0.0716. The molecule has 0 fully saturated rings. The molecule has 4 aliphatic rings. The number of halogens is 10. The minimum Gasteiger partial charge on any atom is -0.417 e. The second-order valence-corrected chi connectivity index (χ2v) is 22.0. The molecule has 6 heterocycles. The number of para-hydroxylation sites is 4. The van der Waals surface area contributed by atoms with Gasteiger partial charge in [0.2, 0.25) is 23.0 Å². The van der Waals surface area contributed by atoms with E-state index in [4.69, 9.17) is 52.1 Å². The standard InChI is InChI=1S/C72H35Cl2F8N5O8/c73-43-33-53-59(35-13-21-39(22-14-35)69(88)92-65-45(75)5-1-6-46(65)76)55-29-31-57-61(37-17-25-41(26-18-37)71(90)94-67-49(79)9-3-10-50(67)80)64-44(74)34-54(84-64)60(36-15-23-40(24-16-36)70(89)93-66-47(77)7-2-8-48(66)78)56-30-32-58(87(56)85-86(55)57)62(63(43)83-53)38-19-27-42(28-20-38)72(91)95-68-51(81)11-4-12-52(68)82/h1-34,85H. The lowest BCUT2D eigenvalue weighted by Crippen LogP contribution is -2.42. The van der Waals surface area contributed by atoms with Gasteiger partial charge in [0.15, 0.2) is 46.5 Å². The molecule has 4 aliphatic heterocycles. The van der Waals surface area contributed by atoms with Gasteiger partial charge in [-0.25, -0.2) is 79.2 Å². The van der Waals surface area contributed by atoms with Gasteiger partial charge in [0, 0.05) is 22.3 Å². The van der Waals surface area contributed by atoms with E-state index in [9.17, 15) is 54.3 Å². The summed E-state index contributed by atoms with van der Waals surface area (Å²) in [6.07, 6.45) is 3.17. The average Bonchev–Trinajstić information content (AvgIpc) is 1.58. The number of carbonyl (C=O) groups is 4. The molecule has 0 spiro atoms. The lowest BCUT2D eigenvalue weighted by molar-refractivity contribution is 0.0711. The average molecular weight is 1320 g/mol. The first-order chi connectivity index (χ1) is 45.9. The van der Waals surface area contributed by atoms with Crippen LogP contribution >= 0.6 is 23.2 Å². The van der Waals surface area contributed by atoms with E-state index in [-0.39, 0.29) is 55.1 Å². The summed E-state index contributed by atoms with van der Waals surface area (Å²) in [5.74, 6) is -17.0. The Labute approximate surface area is 540 Å². The SMILES string of the molecule is O=C(Oc1c(F)cccc1F)c1ccc(C2=C3C=C(Cl)C(=N3)C(c3ccc(C(=O)Oc4c(F)cccc4F)cc3)=c3ccc4n3Nn3c2ccc3C(c2ccc(C(=O)Oc3c(F)cccc3F)cc2)=C2N=C(C=C2Cl)C=4c2ccc(C(=O)Oc3c(F)cccc3F)cc2)cc1. The molecule has 2 aromatic heterocycles. The summed E-state index contributed by atoms with van der Waals surface area (Å²) in [5.41, 5.74) is 7.23. The largest absolute Gasteiger partial charge is 0.417 e. The van der Waals surface area contributed by atoms with E-state index in [1.807, 2.05) is 0 Å². The van der Waals surface area contributed by atoms with Crippen molar-refractivity contribution in [2.45, 2.75) is 0 Å². The predicted molar refractivity (Wildman–Crippen MR) is 334 cm³/mol. The van der Waals surface area contributed by atoms with Gasteiger partial charge in [-0.2, -0.15) is 0 Å². The third kappa shape index (κ3) is 11.1. The maximum Gasteiger partial charge on any atom is 0.343 e. The van der Waals surface area contributed by atoms with Crippen LogP contribution in [0.1, 0.15) is 75.1 Å². The van der Waals surface area contributed by atoms with Crippen LogP contribution in [0, 0.1) is 46.5 Å². The zero-order valence-corrected chi connectivity index (χ0v) is 49.5. The van der Waals surface area contributed by atoms with Gasteiger partial charge in [0.1, 0.15) is 0 Å². The van der Waals surface area contributed by atoms with E-state index >= 15 is 0 Å². The van der Waals surface area contributed by atoms with Crippen LogP contribution in [0.2, 0.25) is 0 Å². The molecule has 466 valence electrons. The number of fused-ring (bicyclic) bond motifs is 2. The Hall–Kier alpha value is -11.9. The number of allylic oxidation sites excluding steroid dienone is 4. The maximum atomic E-state index is 14.8. The minimum absolute atomic E-state index is 0.0798. The smallest absolute Gasteiger partial charge is 0.343 e. The molecule has 0 amide bonds. The summed E-state index contributed by atoms with van der Waals surface area (Å²) in [7, 11) is 0. The number of ether oxygens (including phenoxy) is 4. The van der Waals surface area contributed by atoms with Gasteiger partial charge in [0.25, 0.3) is 0 Å². The zero-order chi connectivity index (χ0) is 66.1. The molecule has 0 unspecified atom stereocenters. The van der Waals surface area contributed by atoms with Gasteiger partial charge >= 0.3 is 23.9 Å². The summed E-state index contributed by atoms with van der Waals surface area (Å²) in [6.45, 7) is 0. The van der Waals surface area contributed by atoms with Crippen molar-refractivity contribution >= 4 is 80.8 Å². The van der Waals surface area contributed by atoms with Crippen molar-refractivity contribution in [1.29, 1.82) is 0 Å². The molecule has 6 bridgehead atoms. The van der Waals surface area contributed by atoms with Gasteiger partial charge in [-0.05, 0) is 156 Å². The van der Waals surface area contributed by atoms with Gasteiger partial charge in [-0.3, -0.25) is 0 Å². The number of carbonyl (C=O) groups excluding carboxylic acids is 4. The van der Waals surface area contributed by atoms with Crippen LogP contribution in [0.4, 0.5) is 35.1 Å². The fraction of sp³-hybridized carbons (Fsp3) is 0. The Morgan fingerprint density at radius 3 is 1.05 bits per heavy atom. The van der Waals surface area contributed by atoms with E-state index in [0.717, 1.165) is 72.8 Å². The molecular formula is C72H35Cl2F8N5O8. The Morgan fingerprint density at radius 2 is 0.674 bits per heavy atom. The number of aliphatic imine (C=N–C) groups is 2. The van der Waals surface area contributed by atoms with Gasteiger partial charge in [-0.15, -0.1) is 0 Å². The van der Waals surface area contributed by atoms with Crippen LogP contribution in [-0.2, 0) is 0 Å². The maximum absolute atomic E-state index is 14.8. The molecule has 8 aromatic carbocycles. The number of rotatable bonds is 12. The van der Waals surface area contributed by atoms with Crippen molar-refractivity contribution in [2.24, 2.45) is 9.98 Å². The molecular weight excluding hydrogens is 1290 g/mol.